The van der Waals surface area contributed by atoms with Gasteiger partial charge in [-0.3, -0.25) is 18.6 Å². The number of aryl methyl sites for hydroxylation is 1. The lowest BCUT2D eigenvalue weighted by molar-refractivity contribution is -0.131. The summed E-state index contributed by atoms with van der Waals surface area (Å²) in [6.07, 6.45) is 4.20. The van der Waals surface area contributed by atoms with Crippen LogP contribution in [0.2, 0.25) is 0 Å². The molecule has 1 aliphatic rings. The third kappa shape index (κ3) is 4.42. The SMILES string of the molecule is O=C(CCc1nnc2n(Cc3ccccc3)c(=O)c3ccccc3n12)N1CCN(c2ncccn2)CC1. The van der Waals surface area contributed by atoms with Gasteiger partial charge in [-0.1, -0.05) is 42.5 Å². The molecule has 3 aromatic heterocycles. The van der Waals surface area contributed by atoms with Crippen LogP contribution in [-0.2, 0) is 17.8 Å². The van der Waals surface area contributed by atoms with Crippen molar-refractivity contribution >= 4 is 28.5 Å². The maximum absolute atomic E-state index is 13.4. The number of carbonyl (C=O) groups is 1. The zero-order valence-electron chi connectivity index (χ0n) is 20.3. The van der Waals surface area contributed by atoms with Gasteiger partial charge in [0.2, 0.25) is 17.6 Å². The number of anilines is 1. The van der Waals surface area contributed by atoms with Crippen molar-refractivity contribution in [1.82, 2.24) is 34.0 Å². The predicted molar refractivity (Wildman–Crippen MR) is 139 cm³/mol. The highest BCUT2D eigenvalue weighted by atomic mass is 16.2. The van der Waals surface area contributed by atoms with E-state index >= 15 is 0 Å². The summed E-state index contributed by atoms with van der Waals surface area (Å²) in [6, 6.07) is 19.1. The number of fused-ring (bicyclic) bond motifs is 3. The predicted octanol–water partition coefficient (Wildman–Crippen LogP) is 2.16. The van der Waals surface area contributed by atoms with Gasteiger partial charge in [-0.25, -0.2) is 9.97 Å². The van der Waals surface area contributed by atoms with E-state index in [0.29, 0.717) is 68.5 Å². The first-order chi connectivity index (χ1) is 18.2. The second-order valence-corrected chi connectivity index (χ2v) is 9.06. The summed E-state index contributed by atoms with van der Waals surface area (Å²) in [4.78, 5) is 39.0. The summed E-state index contributed by atoms with van der Waals surface area (Å²) in [5, 5.41) is 9.40. The van der Waals surface area contributed by atoms with Gasteiger partial charge in [-0.2, -0.15) is 0 Å². The average molecular weight is 495 g/mol. The van der Waals surface area contributed by atoms with Crippen molar-refractivity contribution in [3.8, 4) is 0 Å². The zero-order valence-corrected chi connectivity index (χ0v) is 20.3. The molecule has 0 saturated carbocycles. The smallest absolute Gasteiger partial charge is 0.263 e. The van der Waals surface area contributed by atoms with Crippen molar-refractivity contribution < 1.29 is 4.79 Å². The summed E-state index contributed by atoms with van der Waals surface area (Å²) in [7, 11) is 0. The molecule has 2 aromatic carbocycles. The number of para-hydroxylation sites is 1. The van der Waals surface area contributed by atoms with E-state index in [2.05, 4.69) is 25.1 Å². The standard InChI is InChI=1S/C27H26N8O2/c36-24(32-15-17-33(18-16-32)26-28-13-6-14-29-26)12-11-23-30-31-27-34(19-20-7-2-1-3-8-20)25(37)21-9-4-5-10-22(21)35(23)27/h1-10,13-14H,11-12,15-19H2. The Morgan fingerprint density at radius 3 is 2.35 bits per heavy atom. The quantitative estimate of drug-likeness (QED) is 0.357. The Balaban J connectivity index is 1.23. The fourth-order valence-corrected chi connectivity index (χ4v) is 4.87. The monoisotopic (exact) mass is 494 g/mol. The van der Waals surface area contributed by atoms with E-state index in [-0.39, 0.29) is 11.5 Å². The van der Waals surface area contributed by atoms with Crippen LogP contribution in [0.4, 0.5) is 5.95 Å². The molecule has 0 N–H and O–H groups in total. The van der Waals surface area contributed by atoms with Crippen molar-refractivity contribution in [2.45, 2.75) is 19.4 Å². The fourth-order valence-electron chi connectivity index (χ4n) is 4.87. The maximum Gasteiger partial charge on any atom is 0.263 e. The number of piperazine rings is 1. The van der Waals surface area contributed by atoms with E-state index in [1.807, 2.05) is 63.9 Å². The Labute approximate surface area is 212 Å². The van der Waals surface area contributed by atoms with Gasteiger partial charge in [-0.15, -0.1) is 10.2 Å². The van der Waals surface area contributed by atoms with E-state index in [0.717, 1.165) is 11.1 Å². The number of amides is 1. The maximum atomic E-state index is 13.4. The third-order valence-corrected chi connectivity index (χ3v) is 6.79. The second-order valence-electron chi connectivity index (χ2n) is 9.06. The van der Waals surface area contributed by atoms with Crippen molar-refractivity contribution in [2.24, 2.45) is 0 Å². The molecule has 4 heterocycles. The van der Waals surface area contributed by atoms with Crippen molar-refractivity contribution in [3.63, 3.8) is 0 Å². The highest BCUT2D eigenvalue weighted by molar-refractivity contribution is 5.80. The van der Waals surface area contributed by atoms with Crippen LogP contribution in [0.5, 0.6) is 0 Å². The molecule has 0 bridgehead atoms. The van der Waals surface area contributed by atoms with Crippen LogP contribution in [0.15, 0.2) is 77.9 Å². The van der Waals surface area contributed by atoms with E-state index in [1.165, 1.54) is 0 Å². The Hall–Kier alpha value is -4.60. The van der Waals surface area contributed by atoms with Crippen LogP contribution in [0.1, 0.15) is 17.8 Å². The number of hydrogen-bond donors (Lipinski definition) is 0. The molecule has 0 spiro atoms. The third-order valence-electron chi connectivity index (χ3n) is 6.79. The number of hydrogen-bond acceptors (Lipinski definition) is 7. The lowest BCUT2D eigenvalue weighted by Crippen LogP contribution is -2.49. The summed E-state index contributed by atoms with van der Waals surface area (Å²) in [5.74, 6) is 1.91. The molecule has 6 rings (SSSR count). The van der Waals surface area contributed by atoms with Gasteiger partial charge in [-0.05, 0) is 23.8 Å². The van der Waals surface area contributed by atoms with Gasteiger partial charge in [0, 0.05) is 51.4 Å². The first kappa shape index (κ1) is 22.8. The molecule has 1 saturated heterocycles. The average Bonchev–Trinajstić information content (AvgIpc) is 3.39. The summed E-state index contributed by atoms with van der Waals surface area (Å²) in [6.45, 7) is 3.02. The van der Waals surface area contributed by atoms with E-state index in [1.54, 1.807) is 23.0 Å². The van der Waals surface area contributed by atoms with Crippen LogP contribution in [0.25, 0.3) is 16.7 Å². The van der Waals surface area contributed by atoms with Crippen LogP contribution in [0, 0.1) is 0 Å². The number of nitrogens with zero attached hydrogens (tertiary/aromatic N) is 8. The Morgan fingerprint density at radius 2 is 1.57 bits per heavy atom. The molecule has 10 nitrogen and oxygen atoms in total. The minimum absolute atomic E-state index is 0.0762. The second kappa shape index (κ2) is 9.81. The molecule has 0 aliphatic carbocycles. The number of benzene rings is 2. The summed E-state index contributed by atoms with van der Waals surface area (Å²) >= 11 is 0. The molecular formula is C27H26N8O2. The van der Waals surface area contributed by atoms with Gasteiger partial charge >= 0.3 is 0 Å². The lowest BCUT2D eigenvalue weighted by Gasteiger charge is -2.34. The lowest BCUT2D eigenvalue weighted by atomic mass is 10.2. The highest BCUT2D eigenvalue weighted by Crippen LogP contribution is 2.17. The van der Waals surface area contributed by atoms with E-state index in [9.17, 15) is 9.59 Å². The van der Waals surface area contributed by atoms with Crippen LogP contribution >= 0.6 is 0 Å². The minimum atomic E-state index is -0.109. The highest BCUT2D eigenvalue weighted by Gasteiger charge is 2.23. The molecule has 10 heteroatoms. The molecule has 5 aromatic rings. The van der Waals surface area contributed by atoms with Gasteiger partial charge in [0.15, 0.2) is 0 Å². The fraction of sp³-hybridized carbons (Fsp3) is 0.259. The molecule has 1 aliphatic heterocycles. The van der Waals surface area contributed by atoms with Crippen LogP contribution < -0.4 is 10.5 Å². The normalized spacial score (nSPS) is 13.9. The van der Waals surface area contributed by atoms with Crippen molar-refractivity contribution in [1.29, 1.82) is 0 Å². The molecule has 37 heavy (non-hydrogen) atoms. The Morgan fingerprint density at radius 1 is 0.838 bits per heavy atom. The molecule has 0 atom stereocenters. The van der Waals surface area contributed by atoms with Gasteiger partial charge in [0.1, 0.15) is 5.82 Å². The van der Waals surface area contributed by atoms with Gasteiger partial charge < -0.3 is 9.80 Å². The molecule has 0 radical (unpaired) electrons. The molecule has 1 amide bonds. The number of rotatable bonds is 6. The topological polar surface area (TPSA) is 102 Å². The number of aromatic nitrogens is 6. The molecule has 0 unspecified atom stereocenters. The largest absolute Gasteiger partial charge is 0.339 e. The summed E-state index contributed by atoms with van der Waals surface area (Å²) < 4.78 is 3.57. The number of carbonyl (C=O) groups excluding carboxylic acids is 1. The zero-order chi connectivity index (χ0) is 25.2. The van der Waals surface area contributed by atoms with Gasteiger partial charge in [0.05, 0.1) is 17.4 Å². The minimum Gasteiger partial charge on any atom is -0.339 e. The van der Waals surface area contributed by atoms with Crippen LogP contribution in [-0.4, -0.2) is 66.1 Å². The summed E-state index contributed by atoms with van der Waals surface area (Å²) in [5.41, 5.74) is 1.64. The first-order valence-electron chi connectivity index (χ1n) is 12.4. The Kier molecular flexibility index (Phi) is 6.05. The first-order valence-corrected chi connectivity index (χ1v) is 12.4. The van der Waals surface area contributed by atoms with Crippen molar-refractivity contribution in [3.05, 3.63) is 94.8 Å². The van der Waals surface area contributed by atoms with Crippen molar-refractivity contribution in [2.75, 3.05) is 31.1 Å². The molecular weight excluding hydrogens is 468 g/mol. The molecule has 1 fully saturated rings. The van der Waals surface area contributed by atoms with E-state index < -0.39 is 0 Å². The van der Waals surface area contributed by atoms with Crippen LogP contribution in [0.3, 0.4) is 0 Å². The molecule has 186 valence electrons. The van der Waals surface area contributed by atoms with E-state index in [4.69, 9.17) is 0 Å². The van der Waals surface area contributed by atoms with Gasteiger partial charge in [0.25, 0.3) is 5.56 Å². The Bertz CT molecular complexity index is 1610.